The van der Waals surface area contributed by atoms with Gasteiger partial charge in [0.2, 0.25) is 5.91 Å². The minimum absolute atomic E-state index is 0.0205. The van der Waals surface area contributed by atoms with Crippen LogP contribution in [0.15, 0.2) is 24.3 Å². The van der Waals surface area contributed by atoms with Crippen LogP contribution >= 0.6 is 0 Å². The molecule has 0 bridgehead atoms. The van der Waals surface area contributed by atoms with E-state index in [1.807, 2.05) is 6.08 Å². The van der Waals surface area contributed by atoms with Crippen molar-refractivity contribution >= 4 is 11.9 Å². The first-order valence-electron chi connectivity index (χ1n) is 26.1. The van der Waals surface area contributed by atoms with E-state index in [0.717, 1.165) is 77.0 Å². The molecule has 2 atom stereocenters. The van der Waals surface area contributed by atoms with Gasteiger partial charge in [0.25, 0.3) is 0 Å². The third-order valence-electron chi connectivity index (χ3n) is 12.0. The van der Waals surface area contributed by atoms with Crippen molar-refractivity contribution in [2.75, 3.05) is 13.2 Å². The molecule has 6 nitrogen and oxygen atoms in total. The zero-order chi connectivity index (χ0) is 43.0. The largest absolute Gasteiger partial charge is 0.466 e. The molecule has 348 valence electrons. The van der Waals surface area contributed by atoms with Crippen molar-refractivity contribution in [1.82, 2.24) is 5.32 Å². The van der Waals surface area contributed by atoms with Crippen LogP contribution in [0.5, 0.6) is 0 Å². The van der Waals surface area contributed by atoms with E-state index in [4.69, 9.17) is 4.74 Å². The minimum atomic E-state index is -0.858. The van der Waals surface area contributed by atoms with Crippen LogP contribution in [0.2, 0.25) is 0 Å². The van der Waals surface area contributed by atoms with Crippen molar-refractivity contribution in [3.63, 3.8) is 0 Å². The second kappa shape index (κ2) is 49.0. The quantitative estimate of drug-likeness (QED) is 0.0322. The second-order valence-electron chi connectivity index (χ2n) is 17.9. The lowest BCUT2D eigenvalue weighted by molar-refractivity contribution is -0.143. The van der Waals surface area contributed by atoms with Gasteiger partial charge in [-0.2, -0.15) is 0 Å². The number of ether oxygens (including phenoxy) is 1. The summed E-state index contributed by atoms with van der Waals surface area (Å²) < 4.78 is 5.46. The summed E-state index contributed by atoms with van der Waals surface area (Å²) in [5.74, 6) is -0.115. The number of carbonyl (C=O) groups excluding carboxylic acids is 2. The Morgan fingerprint density at radius 2 is 0.797 bits per heavy atom. The van der Waals surface area contributed by atoms with Gasteiger partial charge in [0, 0.05) is 12.8 Å². The zero-order valence-corrected chi connectivity index (χ0v) is 39.5. The van der Waals surface area contributed by atoms with Gasteiger partial charge in [0.15, 0.2) is 0 Å². The van der Waals surface area contributed by atoms with Gasteiger partial charge in [-0.25, -0.2) is 0 Å². The van der Waals surface area contributed by atoms with E-state index in [2.05, 4.69) is 31.3 Å². The van der Waals surface area contributed by atoms with Crippen LogP contribution in [0.1, 0.15) is 277 Å². The molecule has 0 aromatic heterocycles. The highest BCUT2D eigenvalue weighted by atomic mass is 16.5. The third kappa shape index (κ3) is 45.7. The van der Waals surface area contributed by atoms with Crippen LogP contribution in [-0.4, -0.2) is 47.4 Å². The van der Waals surface area contributed by atoms with E-state index in [-0.39, 0.29) is 18.5 Å². The number of hydrogen-bond acceptors (Lipinski definition) is 5. The number of rotatable bonds is 48. The first kappa shape index (κ1) is 57.3. The van der Waals surface area contributed by atoms with Gasteiger partial charge in [-0.15, -0.1) is 0 Å². The summed E-state index contributed by atoms with van der Waals surface area (Å²) in [5.41, 5.74) is 0. The number of aliphatic hydroxyl groups is 2. The van der Waals surface area contributed by atoms with Crippen molar-refractivity contribution in [1.29, 1.82) is 0 Å². The monoisotopic (exact) mass is 832 g/mol. The third-order valence-corrected chi connectivity index (χ3v) is 12.0. The lowest BCUT2D eigenvalue weighted by Crippen LogP contribution is -2.45. The minimum Gasteiger partial charge on any atom is -0.466 e. The van der Waals surface area contributed by atoms with Gasteiger partial charge in [-0.1, -0.05) is 224 Å². The number of nitrogens with one attached hydrogen (secondary N) is 1. The fourth-order valence-electron chi connectivity index (χ4n) is 7.92. The molecule has 0 radical (unpaired) electrons. The molecule has 0 aromatic carbocycles. The number of aliphatic hydroxyl groups excluding tert-OH is 2. The van der Waals surface area contributed by atoms with Crippen LogP contribution < -0.4 is 5.32 Å². The van der Waals surface area contributed by atoms with Crippen LogP contribution in [0.25, 0.3) is 0 Å². The lowest BCUT2D eigenvalue weighted by atomic mass is 10.0. The molecule has 0 saturated heterocycles. The zero-order valence-electron chi connectivity index (χ0n) is 39.5. The molecule has 1 amide bonds. The Hall–Kier alpha value is -1.66. The van der Waals surface area contributed by atoms with Gasteiger partial charge >= 0.3 is 5.97 Å². The number of esters is 1. The van der Waals surface area contributed by atoms with Crippen molar-refractivity contribution in [3.05, 3.63) is 24.3 Å². The first-order valence-corrected chi connectivity index (χ1v) is 26.1. The fourth-order valence-corrected chi connectivity index (χ4v) is 7.92. The van der Waals surface area contributed by atoms with Crippen molar-refractivity contribution in [2.24, 2.45) is 0 Å². The Kier molecular flexibility index (Phi) is 47.6. The topological polar surface area (TPSA) is 95.9 Å². The molecule has 0 saturated carbocycles. The molecule has 59 heavy (non-hydrogen) atoms. The lowest BCUT2D eigenvalue weighted by Gasteiger charge is -2.20. The molecule has 0 aromatic rings. The standard InChI is InChI=1S/C53H101NO5/c1-3-5-7-9-11-13-15-17-18-19-20-21-22-27-31-35-39-43-47-53(58)59-48-44-40-36-32-28-24-23-26-30-34-38-42-46-52(57)54-50(49-55)51(56)45-41-37-33-29-25-16-14-12-10-8-6-4-2/h24,28,41,45,50-51,55-56H,3-23,25-27,29-40,42-44,46-49H2,1-2H3,(H,54,57)/b28-24-,45-41+. The van der Waals surface area contributed by atoms with E-state index in [1.165, 1.54) is 173 Å². The van der Waals surface area contributed by atoms with Gasteiger partial charge in [-0.3, -0.25) is 9.59 Å². The Morgan fingerprint density at radius 3 is 1.20 bits per heavy atom. The van der Waals surface area contributed by atoms with Crippen LogP contribution in [0, 0.1) is 0 Å². The summed E-state index contributed by atoms with van der Waals surface area (Å²) in [6, 6.07) is -0.645. The molecule has 0 heterocycles. The van der Waals surface area contributed by atoms with Gasteiger partial charge in [0.1, 0.15) is 0 Å². The molecule has 0 spiro atoms. The first-order chi connectivity index (χ1) is 29.0. The molecule has 0 aliphatic carbocycles. The smallest absolute Gasteiger partial charge is 0.305 e. The highest BCUT2D eigenvalue weighted by molar-refractivity contribution is 5.76. The van der Waals surface area contributed by atoms with E-state index in [0.29, 0.717) is 19.4 Å². The number of hydrogen-bond donors (Lipinski definition) is 3. The molecule has 3 N–H and O–H groups in total. The summed E-state index contributed by atoms with van der Waals surface area (Å²) >= 11 is 0. The van der Waals surface area contributed by atoms with E-state index in [1.54, 1.807) is 6.08 Å². The molecule has 0 aliphatic rings. The maximum Gasteiger partial charge on any atom is 0.305 e. The van der Waals surface area contributed by atoms with Crippen molar-refractivity contribution in [2.45, 2.75) is 289 Å². The fraction of sp³-hybridized carbons (Fsp3) is 0.887. The second-order valence-corrected chi connectivity index (χ2v) is 17.9. The molecule has 0 rings (SSSR count). The summed E-state index contributed by atoms with van der Waals surface area (Å²) in [5, 5.41) is 23.0. The van der Waals surface area contributed by atoms with E-state index < -0.39 is 12.1 Å². The molecule has 0 aliphatic heterocycles. The van der Waals surface area contributed by atoms with E-state index in [9.17, 15) is 19.8 Å². The predicted octanol–water partition coefficient (Wildman–Crippen LogP) is 15.5. The number of amides is 1. The highest BCUT2D eigenvalue weighted by Crippen LogP contribution is 2.16. The molecule has 2 unspecified atom stereocenters. The maximum absolute atomic E-state index is 12.4. The summed E-state index contributed by atoms with van der Waals surface area (Å²) in [6.07, 6.45) is 57.5. The Labute approximate surface area is 367 Å². The van der Waals surface area contributed by atoms with Crippen LogP contribution in [0.4, 0.5) is 0 Å². The number of carbonyl (C=O) groups is 2. The van der Waals surface area contributed by atoms with Gasteiger partial charge < -0.3 is 20.3 Å². The van der Waals surface area contributed by atoms with Gasteiger partial charge in [-0.05, 0) is 64.2 Å². The normalized spacial score (nSPS) is 12.8. The number of unbranched alkanes of at least 4 members (excludes halogenated alkanes) is 35. The van der Waals surface area contributed by atoms with Gasteiger partial charge in [0.05, 0.1) is 25.4 Å². The Morgan fingerprint density at radius 1 is 0.458 bits per heavy atom. The molecular weight excluding hydrogens is 731 g/mol. The molecule has 6 heteroatoms. The van der Waals surface area contributed by atoms with Crippen LogP contribution in [-0.2, 0) is 14.3 Å². The maximum atomic E-state index is 12.4. The van der Waals surface area contributed by atoms with E-state index >= 15 is 0 Å². The van der Waals surface area contributed by atoms with Crippen LogP contribution in [0.3, 0.4) is 0 Å². The summed E-state index contributed by atoms with van der Waals surface area (Å²) in [6.45, 7) is 4.84. The highest BCUT2D eigenvalue weighted by Gasteiger charge is 2.18. The summed E-state index contributed by atoms with van der Waals surface area (Å²) in [4.78, 5) is 24.4. The van der Waals surface area contributed by atoms with Crippen molar-refractivity contribution < 1.29 is 24.5 Å². The average molecular weight is 832 g/mol. The SMILES string of the molecule is CCCCCCCCCCCC/C=C/C(O)C(CO)NC(=O)CCCCCCC/C=C\CCCCCOC(=O)CCCCCCCCCCCCCCCCCCCC. The summed E-state index contributed by atoms with van der Waals surface area (Å²) in [7, 11) is 0. The van der Waals surface area contributed by atoms with Crippen molar-refractivity contribution in [3.8, 4) is 0 Å². The molecular formula is C53H101NO5. The molecule has 0 fully saturated rings. The number of allylic oxidation sites excluding steroid dienone is 3. The average Bonchev–Trinajstić information content (AvgIpc) is 3.24. The Bertz CT molecular complexity index is 920. The Balaban J connectivity index is 3.49. The predicted molar refractivity (Wildman–Crippen MR) is 255 cm³/mol.